The van der Waals surface area contributed by atoms with Gasteiger partial charge >= 0.3 is 12.1 Å². The van der Waals surface area contributed by atoms with Gasteiger partial charge in [-0.15, -0.1) is 0 Å². The summed E-state index contributed by atoms with van der Waals surface area (Å²) in [7, 11) is 3.28. The molecule has 2 atom stereocenters. The molecule has 0 bridgehead atoms. The van der Waals surface area contributed by atoms with Gasteiger partial charge in [-0.3, -0.25) is 38.6 Å². The highest BCUT2D eigenvalue weighted by Gasteiger charge is 2.29. The molecule has 1 aromatic rings. The molecule has 304 valence electrons. The minimum Gasteiger partial charge on any atom is -0.445 e. The summed E-state index contributed by atoms with van der Waals surface area (Å²) in [5, 5.41) is 13.4. The molecule has 1 aliphatic heterocycles. The number of anilines is 1. The molecule has 19 nitrogen and oxygen atoms in total. The van der Waals surface area contributed by atoms with E-state index in [9.17, 15) is 38.4 Å². The molecule has 1 heterocycles. The molecule has 0 radical (unpaired) electrons. The molecule has 0 aromatic heterocycles. The van der Waals surface area contributed by atoms with Crippen molar-refractivity contribution in [1.29, 1.82) is 0 Å². The fourth-order valence-corrected chi connectivity index (χ4v) is 4.98. The number of ether oxygens (including phenoxy) is 2. The number of hydrogen-bond donors (Lipinski definition) is 6. The molecule has 1 aliphatic rings. The van der Waals surface area contributed by atoms with E-state index in [-0.39, 0.29) is 77.2 Å². The molecule has 0 aliphatic carbocycles. The van der Waals surface area contributed by atoms with E-state index in [1.807, 2.05) is 6.92 Å². The SMILES string of the molecule is CCN(C)C(=O)OCc1ccc(NC(=O)[C@H](CCCNC(N)=O)NC(=O)[C@@H](NC(=O)CN(C)CCC(=O)NCCOCCN2C(=O)C=CC2=O)C(C)C)cc1. The third-order valence-corrected chi connectivity index (χ3v) is 8.30. The normalized spacial score (nSPS) is 13.3. The van der Waals surface area contributed by atoms with E-state index in [2.05, 4.69) is 26.6 Å². The van der Waals surface area contributed by atoms with Crippen LogP contribution in [0.3, 0.4) is 0 Å². The van der Waals surface area contributed by atoms with E-state index >= 15 is 0 Å². The average molecular weight is 774 g/mol. The quantitative estimate of drug-likeness (QED) is 0.0586. The Hall–Kier alpha value is -5.56. The maximum absolute atomic E-state index is 13.5. The highest BCUT2D eigenvalue weighted by molar-refractivity contribution is 6.12. The number of imide groups is 1. The fourth-order valence-electron chi connectivity index (χ4n) is 4.98. The molecular weight excluding hydrogens is 718 g/mol. The molecule has 0 saturated carbocycles. The minimum atomic E-state index is -1.03. The van der Waals surface area contributed by atoms with Crippen LogP contribution in [-0.4, -0.2) is 141 Å². The minimum absolute atomic E-state index is 0.0440. The van der Waals surface area contributed by atoms with Crippen LogP contribution in [0.25, 0.3) is 0 Å². The third kappa shape index (κ3) is 17.4. The van der Waals surface area contributed by atoms with Gasteiger partial charge < -0.3 is 46.7 Å². The Kier molecular flexibility index (Phi) is 19.9. The predicted octanol–water partition coefficient (Wildman–Crippen LogP) is -0.333. The molecule has 2 rings (SSSR count). The van der Waals surface area contributed by atoms with E-state index in [1.54, 1.807) is 57.1 Å². The number of benzene rings is 1. The third-order valence-electron chi connectivity index (χ3n) is 8.30. The Balaban J connectivity index is 1.86. The highest BCUT2D eigenvalue weighted by atomic mass is 16.6. The van der Waals surface area contributed by atoms with E-state index in [0.29, 0.717) is 24.2 Å². The van der Waals surface area contributed by atoms with Crippen molar-refractivity contribution in [2.24, 2.45) is 11.7 Å². The number of rotatable bonds is 24. The number of nitrogens with two attached hydrogens (primary N) is 1. The molecule has 0 spiro atoms. The van der Waals surface area contributed by atoms with Crippen LogP contribution in [0.5, 0.6) is 0 Å². The Morgan fingerprint density at radius 1 is 0.873 bits per heavy atom. The Labute approximate surface area is 321 Å². The predicted molar refractivity (Wildman–Crippen MR) is 201 cm³/mol. The van der Waals surface area contributed by atoms with E-state index < -0.39 is 53.7 Å². The molecule has 7 N–H and O–H groups in total. The highest BCUT2D eigenvalue weighted by Crippen LogP contribution is 2.13. The summed E-state index contributed by atoms with van der Waals surface area (Å²) in [5.41, 5.74) is 6.29. The van der Waals surface area contributed by atoms with Crippen LogP contribution in [0.15, 0.2) is 36.4 Å². The summed E-state index contributed by atoms with van der Waals surface area (Å²) in [6.45, 7) is 6.83. The monoisotopic (exact) mass is 773 g/mol. The van der Waals surface area contributed by atoms with E-state index in [0.717, 1.165) is 4.90 Å². The van der Waals surface area contributed by atoms with Gasteiger partial charge in [-0.1, -0.05) is 26.0 Å². The lowest BCUT2D eigenvalue weighted by atomic mass is 10.0. The van der Waals surface area contributed by atoms with Crippen molar-refractivity contribution in [1.82, 2.24) is 36.0 Å². The Bertz CT molecular complexity index is 1500. The van der Waals surface area contributed by atoms with E-state index in [1.165, 1.54) is 17.1 Å². The lowest BCUT2D eigenvalue weighted by molar-refractivity contribution is -0.137. The van der Waals surface area contributed by atoms with Crippen molar-refractivity contribution >= 4 is 53.3 Å². The van der Waals surface area contributed by atoms with E-state index in [4.69, 9.17) is 15.2 Å². The summed E-state index contributed by atoms with van der Waals surface area (Å²) in [4.78, 5) is 102. The van der Waals surface area contributed by atoms with Gasteiger partial charge in [0.1, 0.15) is 18.7 Å². The van der Waals surface area contributed by atoms with Crippen LogP contribution in [0, 0.1) is 5.92 Å². The second-order valence-electron chi connectivity index (χ2n) is 13.2. The first-order valence-electron chi connectivity index (χ1n) is 18.1. The number of primary amides is 1. The fraction of sp³-hybridized carbons (Fsp3) is 0.556. The Morgan fingerprint density at radius 3 is 2.16 bits per heavy atom. The van der Waals surface area contributed by atoms with Crippen molar-refractivity contribution in [3.8, 4) is 0 Å². The lowest BCUT2D eigenvalue weighted by Gasteiger charge is -2.26. The zero-order valence-corrected chi connectivity index (χ0v) is 32.2. The maximum Gasteiger partial charge on any atom is 0.409 e. The van der Waals surface area contributed by atoms with Gasteiger partial charge in [0.2, 0.25) is 23.6 Å². The summed E-state index contributed by atoms with van der Waals surface area (Å²) in [6.07, 6.45) is 2.47. The summed E-state index contributed by atoms with van der Waals surface area (Å²) in [5.74, 6) is -2.97. The first-order valence-corrected chi connectivity index (χ1v) is 18.1. The zero-order chi connectivity index (χ0) is 40.9. The van der Waals surface area contributed by atoms with Gasteiger partial charge in [-0.2, -0.15) is 0 Å². The number of hydrogen-bond acceptors (Lipinski definition) is 11. The molecule has 55 heavy (non-hydrogen) atoms. The van der Waals surface area contributed by atoms with Crippen LogP contribution in [0.1, 0.15) is 45.6 Å². The standard InChI is InChI=1S/C36H55N9O10/c1-6-44(5)36(53)55-23-25-9-11-26(12-10-25)40-33(50)27(8-7-16-39-35(37)52)41-34(51)32(24(2)3)42-29(47)22-43(4)18-15-28(46)38-17-20-54-21-19-45-30(48)13-14-31(45)49/h9-14,24,27,32H,6-8,15-23H2,1-5H3,(H,38,46)(H,40,50)(H,41,51)(H,42,47)(H3,37,39,52)/t27-,32-/m0/s1. The molecule has 9 amide bonds. The summed E-state index contributed by atoms with van der Waals surface area (Å²) >= 11 is 0. The number of nitrogens with one attached hydrogen (secondary N) is 5. The Morgan fingerprint density at radius 2 is 1.55 bits per heavy atom. The number of likely N-dealkylation sites (N-methyl/N-ethyl adjacent to an activating group) is 1. The molecule has 1 aromatic carbocycles. The summed E-state index contributed by atoms with van der Waals surface area (Å²) in [6, 6.07) is 3.90. The van der Waals surface area contributed by atoms with Gasteiger partial charge in [0.15, 0.2) is 0 Å². The maximum atomic E-state index is 13.5. The number of carbonyl (C=O) groups excluding carboxylic acids is 8. The van der Waals surface area contributed by atoms with Gasteiger partial charge in [-0.25, -0.2) is 9.59 Å². The second kappa shape index (κ2) is 24.0. The molecular formula is C36H55N9O10. The molecule has 0 fully saturated rings. The smallest absolute Gasteiger partial charge is 0.409 e. The van der Waals surface area contributed by atoms with Gasteiger partial charge in [0.05, 0.1) is 26.3 Å². The van der Waals surface area contributed by atoms with Crippen molar-refractivity contribution in [3.05, 3.63) is 42.0 Å². The van der Waals surface area contributed by atoms with Crippen LogP contribution < -0.4 is 32.3 Å². The largest absolute Gasteiger partial charge is 0.445 e. The van der Waals surface area contributed by atoms with Crippen LogP contribution in [0.2, 0.25) is 0 Å². The van der Waals surface area contributed by atoms with Gasteiger partial charge in [-0.05, 0) is 50.4 Å². The molecule has 0 saturated heterocycles. The van der Waals surface area contributed by atoms with Crippen molar-refractivity contribution in [2.45, 2.75) is 58.7 Å². The van der Waals surface area contributed by atoms with Crippen LogP contribution in [-0.2, 0) is 44.8 Å². The average Bonchev–Trinajstić information content (AvgIpc) is 3.46. The van der Waals surface area contributed by atoms with Gasteiger partial charge in [0.25, 0.3) is 11.8 Å². The number of nitrogens with zero attached hydrogens (tertiary/aromatic N) is 3. The van der Waals surface area contributed by atoms with Crippen molar-refractivity contribution < 1.29 is 47.8 Å². The van der Waals surface area contributed by atoms with Gasteiger partial charge in [0, 0.05) is 57.5 Å². The molecule has 0 unspecified atom stereocenters. The number of amides is 9. The first-order chi connectivity index (χ1) is 26.1. The second-order valence-corrected chi connectivity index (χ2v) is 13.2. The van der Waals surface area contributed by atoms with Crippen LogP contribution >= 0.6 is 0 Å². The number of carbonyl (C=O) groups is 8. The van der Waals surface area contributed by atoms with Crippen LogP contribution in [0.4, 0.5) is 15.3 Å². The first kappa shape index (κ1) is 45.6. The number of urea groups is 1. The lowest BCUT2D eigenvalue weighted by Crippen LogP contribution is -2.55. The van der Waals surface area contributed by atoms with Crippen molar-refractivity contribution in [2.75, 3.05) is 71.9 Å². The summed E-state index contributed by atoms with van der Waals surface area (Å²) < 4.78 is 10.6. The van der Waals surface area contributed by atoms with Crippen molar-refractivity contribution in [3.63, 3.8) is 0 Å². The zero-order valence-electron chi connectivity index (χ0n) is 32.2. The molecule has 19 heteroatoms. The topological polar surface area (TPSA) is 251 Å².